The maximum absolute atomic E-state index is 6.34. The molecule has 0 N–H and O–H groups in total. The third kappa shape index (κ3) is 5.90. The molecule has 0 unspecified atom stereocenters. The van der Waals surface area contributed by atoms with E-state index in [1.54, 1.807) is 18.6 Å². The van der Waals surface area contributed by atoms with Crippen molar-refractivity contribution in [3.8, 4) is 34.3 Å². The van der Waals surface area contributed by atoms with E-state index >= 15 is 0 Å². The summed E-state index contributed by atoms with van der Waals surface area (Å²) in [6.07, 6.45) is 5.15. The van der Waals surface area contributed by atoms with Crippen LogP contribution >= 0.6 is 45.8 Å². The normalized spacial score (nSPS) is 12.8. The number of pyridine rings is 4. The molecule has 0 spiro atoms. The van der Waals surface area contributed by atoms with Gasteiger partial charge in [-0.15, -0.1) is 0 Å². The van der Waals surface area contributed by atoms with E-state index in [4.69, 9.17) is 32.7 Å². The van der Waals surface area contributed by atoms with Gasteiger partial charge in [0, 0.05) is 29.7 Å². The van der Waals surface area contributed by atoms with E-state index in [1.165, 1.54) is 0 Å². The summed E-state index contributed by atoms with van der Waals surface area (Å²) in [4.78, 5) is 26.3. The SMILES string of the molecule is CCOc1ncccc1-c1cc(Cl)c2c(n1)C(I)=NC2.CCOc1ncccc1-c1cc(Cl)c2c(n1)C=NC2. The van der Waals surface area contributed by atoms with Crippen LogP contribution in [0, 0.1) is 0 Å². The molecule has 0 saturated heterocycles. The third-order valence-electron chi connectivity index (χ3n) is 5.86. The smallest absolute Gasteiger partial charge is 0.222 e. The zero-order valence-corrected chi connectivity index (χ0v) is 24.8. The number of ether oxygens (including phenoxy) is 2. The molecule has 2 aliphatic heterocycles. The van der Waals surface area contributed by atoms with E-state index in [1.807, 2.05) is 50.2 Å². The first-order chi connectivity index (χ1) is 19.0. The molecule has 6 rings (SSSR count). The summed E-state index contributed by atoms with van der Waals surface area (Å²) < 4.78 is 12.0. The Balaban J connectivity index is 0.000000158. The monoisotopic (exact) mass is 672 g/mol. The van der Waals surface area contributed by atoms with Crippen LogP contribution in [0.1, 0.15) is 36.4 Å². The number of fused-ring (bicyclic) bond motifs is 2. The van der Waals surface area contributed by atoms with Crippen molar-refractivity contribution in [2.24, 2.45) is 9.98 Å². The topological polar surface area (TPSA) is 94.7 Å². The van der Waals surface area contributed by atoms with E-state index in [0.717, 1.165) is 48.7 Å². The van der Waals surface area contributed by atoms with Gasteiger partial charge in [-0.05, 0) is 72.8 Å². The summed E-state index contributed by atoms with van der Waals surface area (Å²) in [6.45, 7) is 6.18. The summed E-state index contributed by atoms with van der Waals surface area (Å²) in [5.74, 6) is 1.15. The molecule has 2 aliphatic rings. The maximum atomic E-state index is 6.34. The molecule has 0 aromatic carbocycles. The highest BCUT2D eigenvalue weighted by atomic mass is 127. The van der Waals surface area contributed by atoms with Gasteiger partial charge in [-0.2, -0.15) is 0 Å². The van der Waals surface area contributed by atoms with E-state index in [-0.39, 0.29) is 0 Å². The van der Waals surface area contributed by atoms with Crippen molar-refractivity contribution < 1.29 is 9.47 Å². The molecule has 0 radical (unpaired) electrons. The fourth-order valence-corrected chi connectivity index (χ4v) is 5.21. The Labute approximate surface area is 249 Å². The van der Waals surface area contributed by atoms with Gasteiger partial charge >= 0.3 is 0 Å². The lowest BCUT2D eigenvalue weighted by molar-refractivity contribution is 0.328. The molecule has 6 heterocycles. The molecular formula is C28H23Cl2IN6O2. The van der Waals surface area contributed by atoms with Crippen molar-refractivity contribution in [3.05, 3.63) is 81.4 Å². The number of halogens is 3. The van der Waals surface area contributed by atoms with Gasteiger partial charge in [0.25, 0.3) is 0 Å². The number of nitrogens with zero attached hydrogens (tertiary/aromatic N) is 6. The average molecular weight is 673 g/mol. The van der Waals surface area contributed by atoms with Crippen LogP contribution in [0.3, 0.4) is 0 Å². The van der Waals surface area contributed by atoms with Crippen LogP contribution in [0.25, 0.3) is 22.5 Å². The Bertz CT molecular complexity index is 1590. The fourth-order valence-electron chi connectivity index (χ4n) is 4.08. The minimum absolute atomic E-state index is 0.557. The Hall–Kier alpha value is -3.15. The molecule has 0 saturated carbocycles. The van der Waals surface area contributed by atoms with Gasteiger partial charge in [-0.3, -0.25) is 9.98 Å². The number of hydrogen-bond acceptors (Lipinski definition) is 8. The second-order valence-corrected chi connectivity index (χ2v) is 10.2. The zero-order valence-electron chi connectivity index (χ0n) is 21.2. The number of hydrogen-bond donors (Lipinski definition) is 0. The van der Waals surface area contributed by atoms with E-state index in [9.17, 15) is 0 Å². The van der Waals surface area contributed by atoms with Crippen LogP contribution < -0.4 is 9.47 Å². The zero-order chi connectivity index (χ0) is 27.4. The van der Waals surface area contributed by atoms with Crippen LogP contribution in [-0.2, 0) is 13.1 Å². The van der Waals surface area contributed by atoms with Gasteiger partial charge < -0.3 is 9.47 Å². The van der Waals surface area contributed by atoms with E-state index < -0.39 is 0 Å². The minimum Gasteiger partial charge on any atom is -0.477 e. The second kappa shape index (κ2) is 12.4. The Kier molecular flexibility index (Phi) is 8.69. The summed E-state index contributed by atoms with van der Waals surface area (Å²) in [5.41, 5.74) is 6.86. The number of aromatic nitrogens is 4. The highest BCUT2D eigenvalue weighted by Gasteiger charge is 2.21. The predicted octanol–water partition coefficient (Wildman–Crippen LogP) is 7.02. The highest BCUT2D eigenvalue weighted by Crippen LogP contribution is 2.34. The van der Waals surface area contributed by atoms with Crippen LogP contribution in [-0.4, -0.2) is 43.1 Å². The predicted molar refractivity (Wildman–Crippen MR) is 163 cm³/mol. The molecule has 11 heteroatoms. The molecule has 4 aromatic heterocycles. The van der Waals surface area contributed by atoms with E-state index in [2.05, 4.69) is 52.5 Å². The largest absolute Gasteiger partial charge is 0.477 e. The van der Waals surface area contributed by atoms with Gasteiger partial charge in [-0.25, -0.2) is 19.9 Å². The Morgan fingerprint density at radius 1 is 0.821 bits per heavy atom. The first-order valence-corrected chi connectivity index (χ1v) is 14.1. The van der Waals surface area contributed by atoms with Crippen LogP contribution in [0.2, 0.25) is 10.0 Å². The fraction of sp³-hybridized carbons (Fsp3) is 0.214. The molecular weight excluding hydrogens is 650 g/mol. The summed E-state index contributed by atoms with van der Waals surface area (Å²) in [6, 6.07) is 11.3. The minimum atomic E-state index is 0.557. The lowest BCUT2D eigenvalue weighted by Crippen LogP contribution is -2.01. The molecule has 0 aliphatic carbocycles. The molecule has 8 nitrogen and oxygen atoms in total. The molecule has 0 atom stereocenters. The first-order valence-electron chi connectivity index (χ1n) is 12.3. The molecule has 0 fully saturated rings. The average Bonchev–Trinajstić information content (AvgIpc) is 3.57. The molecule has 0 amide bonds. The first kappa shape index (κ1) is 27.4. The molecule has 0 bridgehead atoms. The van der Waals surface area contributed by atoms with Crippen molar-refractivity contribution in [2.75, 3.05) is 13.2 Å². The standard InChI is InChI=1S/C14H11ClIN3O.C14H12ClN3O/c1-2-20-14-8(4-3-5-17-14)11-6-10(15)9-7-18-13(16)12(9)19-11;1-2-19-14-9(4-3-5-17-14)12-6-11(15)10-7-16-8-13(10)18-12/h3-6H,2,7H2,1H3;3-6,8H,2,7H2,1H3. The van der Waals surface area contributed by atoms with Gasteiger partial charge in [0.05, 0.1) is 64.6 Å². The molecule has 4 aromatic rings. The quantitative estimate of drug-likeness (QED) is 0.204. The molecule has 198 valence electrons. The third-order valence-corrected chi connectivity index (χ3v) is 7.39. The van der Waals surface area contributed by atoms with Crippen LogP contribution in [0.5, 0.6) is 11.8 Å². The van der Waals surface area contributed by atoms with Gasteiger partial charge in [0.1, 0.15) is 9.41 Å². The van der Waals surface area contributed by atoms with Gasteiger partial charge in [-0.1, -0.05) is 23.2 Å². The molecule has 39 heavy (non-hydrogen) atoms. The summed E-state index contributed by atoms with van der Waals surface area (Å²) in [7, 11) is 0. The summed E-state index contributed by atoms with van der Waals surface area (Å²) in [5, 5.41) is 1.37. The van der Waals surface area contributed by atoms with Gasteiger partial charge in [0.2, 0.25) is 11.8 Å². The van der Waals surface area contributed by atoms with Crippen LogP contribution in [0.4, 0.5) is 0 Å². The van der Waals surface area contributed by atoms with Gasteiger partial charge in [0.15, 0.2) is 0 Å². The van der Waals surface area contributed by atoms with Crippen molar-refractivity contribution in [3.63, 3.8) is 0 Å². The van der Waals surface area contributed by atoms with Crippen molar-refractivity contribution in [1.29, 1.82) is 0 Å². The lowest BCUT2D eigenvalue weighted by atomic mass is 10.1. The van der Waals surface area contributed by atoms with E-state index in [0.29, 0.717) is 48.1 Å². The van der Waals surface area contributed by atoms with Crippen molar-refractivity contribution in [1.82, 2.24) is 19.9 Å². The number of rotatable bonds is 6. The van der Waals surface area contributed by atoms with Crippen LogP contribution in [0.15, 0.2) is 58.8 Å². The Morgan fingerprint density at radius 3 is 2.03 bits per heavy atom. The Morgan fingerprint density at radius 2 is 1.41 bits per heavy atom. The van der Waals surface area contributed by atoms with Crippen molar-refractivity contribution in [2.45, 2.75) is 26.9 Å². The van der Waals surface area contributed by atoms with Crippen molar-refractivity contribution >= 4 is 55.7 Å². The highest BCUT2D eigenvalue weighted by molar-refractivity contribution is 14.1. The number of aliphatic imine (C=N–C) groups is 2. The second-order valence-electron chi connectivity index (χ2n) is 8.32. The lowest BCUT2D eigenvalue weighted by Gasteiger charge is -2.10. The summed E-state index contributed by atoms with van der Waals surface area (Å²) >= 11 is 14.8. The maximum Gasteiger partial charge on any atom is 0.222 e.